The molecule has 136 valence electrons. The molecule has 2 aromatic carbocycles. The van der Waals surface area contributed by atoms with E-state index in [1.54, 1.807) is 41.4 Å². The van der Waals surface area contributed by atoms with Crippen molar-refractivity contribution in [3.05, 3.63) is 76.4 Å². The molecule has 0 saturated heterocycles. The summed E-state index contributed by atoms with van der Waals surface area (Å²) in [5.41, 5.74) is 3.61. The van der Waals surface area contributed by atoms with Gasteiger partial charge in [0.15, 0.2) is 0 Å². The van der Waals surface area contributed by atoms with Crippen LogP contribution in [0.4, 0.5) is 11.4 Å². The van der Waals surface area contributed by atoms with E-state index in [0.29, 0.717) is 33.4 Å². The molecule has 0 atom stereocenters. The van der Waals surface area contributed by atoms with E-state index >= 15 is 0 Å². The van der Waals surface area contributed by atoms with Crippen LogP contribution in [0.5, 0.6) is 0 Å². The van der Waals surface area contributed by atoms with Gasteiger partial charge in [-0.3, -0.25) is 9.78 Å². The summed E-state index contributed by atoms with van der Waals surface area (Å²) in [6.45, 7) is 1.36. The lowest BCUT2D eigenvalue weighted by Gasteiger charge is -2.35. The Kier molecular flexibility index (Phi) is 4.77. The third kappa shape index (κ3) is 3.27. The van der Waals surface area contributed by atoms with E-state index < -0.39 is 0 Å². The first-order valence-corrected chi connectivity index (χ1v) is 9.34. The van der Waals surface area contributed by atoms with Gasteiger partial charge in [0.25, 0.3) is 5.91 Å². The van der Waals surface area contributed by atoms with Crippen LogP contribution in [0.15, 0.2) is 60.8 Å². The lowest BCUT2D eigenvalue weighted by atomic mass is 10.0. The van der Waals surface area contributed by atoms with Crippen LogP contribution in [0, 0.1) is 0 Å². The van der Waals surface area contributed by atoms with Crippen LogP contribution < -0.4 is 9.80 Å². The number of nitrogens with zero attached hydrogens (tertiary/aromatic N) is 3. The minimum atomic E-state index is -0.102. The molecule has 0 aliphatic carbocycles. The Labute approximate surface area is 168 Å². The first-order chi connectivity index (χ1) is 13.1. The molecule has 27 heavy (non-hydrogen) atoms. The standard InChI is InChI=1S/C21H17Cl2N3O/c1-25-11-12-26(19-7-3-2-6-18(19)25)21(27)15-5-4-10-24-20(15)16-13-14(22)8-9-17(16)23/h2-10,13H,11-12H2,1H3. The second-order valence-electron chi connectivity index (χ2n) is 6.39. The summed E-state index contributed by atoms with van der Waals surface area (Å²) in [4.78, 5) is 21.8. The number of rotatable bonds is 2. The highest BCUT2D eigenvalue weighted by molar-refractivity contribution is 6.35. The second kappa shape index (κ2) is 7.22. The molecule has 0 spiro atoms. The van der Waals surface area contributed by atoms with E-state index in [4.69, 9.17) is 23.2 Å². The Bertz CT molecular complexity index is 1020. The molecule has 6 heteroatoms. The van der Waals surface area contributed by atoms with Gasteiger partial charge in [0, 0.05) is 36.9 Å². The Morgan fingerprint density at radius 2 is 1.78 bits per heavy atom. The Morgan fingerprint density at radius 3 is 2.59 bits per heavy atom. The Hall–Kier alpha value is -2.56. The fourth-order valence-electron chi connectivity index (χ4n) is 3.33. The van der Waals surface area contributed by atoms with Gasteiger partial charge >= 0.3 is 0 Å². The number of benzene rings is 2. The lowest BCUT2D eigenvalue weighted by Crippen LogP contribution is -2.42. The van der Waals surface area contributed by atoms with Crippen LogP contribution in [0.3, 0.4) is 0 Å². The molecule has 0 bridgehead atoms. The molecular formula is C21H17Cl2N3O. The van der Waals surface area contributed by atoms with Gasteiger partial charge in [0.05, 0.1) is 27.7 Å². The van der Waals surface area contributed by atoms with E-state index in [1.807, 2.05) is 31.3 Å². The number of hydrogen-bond donors (Lipinski definition) is 0. The van der Waals surface area contributed by atoms with Crippen molar-refractivity contribution in [2.75, 3.05) is 29.9 Å². The summed E-state index contributed by atoms with van der Waals surface area (Å²) in [5, 5.41) is 1.05. The second-order valence-corrected chi connectivity index (χ2v) is 7.23. The van der Waals surface area contributed by atoms with Crippen LogP contribution in [-0.2, 0) is 0 Å². The molecule has 2 heterocycles. The van der Waals surface area contributed by atoms with Crippen LogP contribution >= 0.6 is 23.2 Å². The van der Waals surface area contributed by atoms with Crippen molar-refractivity contribution in [1.29, 1.82) is 0 Å². The highest BCUT2D eigenvalue weighted by atomic mass is 35.5. The maximum absolute atomic E-state index is 13.5. The number of carbonyl (C=O) groups excluding carboxylic acids is 1. The molecule has 4 rings (SSSR count). The molecule has 0 fully saturated rings. The number of amides is 1. The van der Waals surface area contributed by atoms with Gasteiger partial charge in [-0.2, -0.15) is 0 Å². The molecule has 1 aromatic heterocycles. The van der Waals surface area contributed by atoms with Gasteiger partial charge in [-0.25, -0.2) is 0 Å². The average molecular weight is 398 g/mol. The van der Waals surface area contributed by atoms with E-state index in [-0.39, 0.29) is 5.91 Å². The lowest BCUT2D eigenvalue weighted by molar-refractivity contribution is 0.0987. The molecule has 0 unspecified atom stereocenters. The molecule has 1 aliphatic rings. The third-order valence-corrected chi connectivity index (χ3v) is 5.27. The zero-order chi connectivity index (χ0) is 19.0. The predicted molar refractivity (Wildman–Crippen MR) is 111 cm³/mol. The fourth-order valence-corrected chi connectivity index (χ4v) is 3.71. The monoisotopic (exact) mass is 397 g/mol. The molecule has 4 nitrogen and oxygen atoms in total. The van der Waals surface area contributed by atoms with E-state index in [2.05, 4.69) is 9.88 Å². The van der Waals surface area contributed by atoms with Gasteiger partial charge in [0.2, 0.25) is 0 Å². The highest BCUT2D eigenvalue weighted by Gasteiger charge is 2.28. The van der Waals surface area contributed by atoms with Gasteiger partial charge in [-0.1, -0.05) is 35.3 Å². The van der Waals surface area contributed by atoms with Crippen molar-refractivity contribution in [3.8, 4) is 11.3 Å². The van der Waals surface area contributed by atoms with Crippen molar-refractivity contribution in [3.63, 3.8) is 0 Å². The maximum Gasteiger partial charge on any atom is 0.260 e. The van der Waals surface area contributed by atoms with E-state index in [9.17, 15) is 4.79 Å². The number of carbonyl (C=O) groups is 1. The molecule has 3 aromatic rings. The zero-order valence-corrected chi connectivity index (χ0v) is 16.2. The summed E-state index contributed by atoms with van der Waals surface area (Å²) in [6.07, 6.45) is 1.65. The first kappa shape index (κ1) is 17.8. The number of fused-ring (bicyclic) bond motifs is 1. The van der Waals surface area contributed by atoms with Crippen LogP contribution in [-0.4, -0.2) is 31.0 Å². The van der Waals surface area contributed by atoms with Crippen molar-refractivity contribution < 1.29 is 4.79 Å². The number of halogens is 2. The molecular weight excluding hydrogens is 381 g/mol. The van der Waals surface area contributed by atoms with Crippen molar-refractivity contribution in [1.82, 2.24) is 4.98 Å². The van der Waals surface area contributed by atoms with E-state index in [0.717, 1.165) is 17.9 Å². The number of pyridine rings is 1. The third-order valence-electron chi connectivity index (χ3n) is 4.71. The van der Waals surface area contributed by atoms with E-state index in [1.165, 1.54) is 0 Å². The minimum Gasteiger partial charge on any atom is -0.371 e. The largest absolute Gasteiger partial charge is 0.371 e. The fraction of sp³-hybridized carbons (Fsp3) is 0.143. The van der Waals surface area contributed by atoms with Crippen LogP contribution in [0.2, 0.25) is 10.0 Å². The Balaban J connectivity index is 1.81. The maximum atomic E-state index is 13.5. The molecule has 0 radical (unpaired) electrons. The van der Waals surface area contributed by atoms with Gasteiger partial charge in [-0.05, 0) is 42.5 Å². The average Bonchev–Trinajstić information content (AvgIpc) is 2.70. The molecule has 0 saturated carbocycles. The topological polar surface area (TPSA) is 36.4 Å². The first-order valence-electron chi connectivity index (χ1n) is 8.59. The predicted octanol–water partition coefficient (Wildman–Crippen LogP) is 5.15. The zero-order valence-electron chi connectivity index (χ0n) is 14.7. The quantitative estimate of drug-likeness (QED) is 0.599. The summed E-state index contributed by atoms with van der Waals surface area (Å²) in [7, 11) is 2.03. The summed E-state index contributed by atoms with van der Waals surface area (Å²) < 4.78 is 0. The van der Waals surface area contributed by atoms with Crippen LogP contribution in [0.25, 0.3) is 11.3 Å². The number of hydrogen-bond acceptors (Lipinski definition) is 3. The normalized spacial score (nSPS) is 13.4. The Morgan fingerprint density at radius 1 is 1.00 bits per heavy atom. The van der Waals surface area contributed by atoms with Gasteiger partial charge in [-0.15, -0.1) is 0 Å². The van der Waals surface area contributed by atoms with Crippen molar-refractivity contribution in [2.45, 2.75) is 0 Å². The summed E-state index contributed by atoms with van der Waals surface area (Å²) >= 11 is 12.5. The van der Waals surface area contributed by atoms with Gasteiger partial charge < -0.3 is 9.80 Å². The number of aromatic nitrogens is 1. The highest BCUT2D eigenvalue weighted by Crippen LogP contribution is 2.35. The SMILES string of the molecule is CN1CCN(C(=O)c2cccnc2-c2cc(Cl)ccc2Cl)c2ccccc21. The number of anilines is 2. The number of para-hydroxylation sites is 2. The number of likely N-dealkylation sites (N-methyl/N-ethyl adjacent to an activating group) is 1. The smallest absolute Gasteiger partial charge is 0.260 e. The van der Waals surface area contributed by atoms with Crippen molar-refractivity contribution in [2.24, 2.45) is 0 Å². The van der Waals surface area contributed by atoms with Gasteiger partial charge in [0.1, 0.15) is 0 Å². The molecule has 1 amide bonds. The molecule has 0 N–H and O–H groups in total. The van der Waals surface area contributed by atoms with Crippen LogP contribution in [0.1, 0.15) is 10.4 Å². The van der Waals surface area contributed by atoms with Crippen molar-refractivity contribution >= 4 is 40.5 Å². The minimum absolute atomic E-state index is 0.102. The summed E-state index contributed by atoms with van der Waals surface area (Å²) in [5.74, 6) is -0.102. The summed E-state index contributed by atoms with van der Waals surface area (Å²) in [6, 6.07) is 16.6. The molecule has 1 aliphatic heterocycles.